The van der Waals surface area contributed by atoms with Crippen LogP contribution in [0.25, 0.3) is 0 Å². The molecule has 1 unspecified atom stereocenters. The smallest absolute Gasteiger partial charge is 0.0247 e. The molecule has 1 atom stereocenters. The van der Waals surface area contributed by atoms with Crippen LogP contribution in [0.3, 0.4) is 0 Å². The summed E-state index contributed by atoms with van der Waals surface area (Å²) >= 11 is 0. The third kappa shape index (κ3) is 3.33. The molecule has 2 rings (SSSR count). The Bertz CT molecular complexity index is 373. The van der Waals surface area contributed by atoms with Crippen molar-refractivity contribution in [2.24, 2.45) is 5.92 Å². The third-order valence-corrected chi connectivity index (χ3v) is 4.03. The zero-order valence-corrected chi connectivity index (χ0v) is 11.9. The van der Waals surface area contributed by atoms with Gasteiger partial charge in [0.25, 0.3) is 0 Å². The predicted octanol–water partition coefficient (Wildman–Crippen LogP) is 2.81. The summed E-state index contributed by atoms with van der Waals surface area (Å²) in [6.07, 6.45) is 1.26. The van der Waals surface area contributed by atoms with Gasteiger partial charge in [0.15, 0.2) is 0 Å². The van der Waals surface area contributed by atoms with Crippen molar-refractivity contribution in [2.45, 2.75) is 39.8 Å². The number of nitrogens with zero attached hydrogens (tertiary/aromatic N) is 1. The highest BCUT2D eigenvalue weighted by Crippen LogP contribution is 2.18. The molecule has 0 aromatic heterocycles. The van der Waals surface area contributed by atoms with Crippen LogP contribution in [-0.2, 0) is 6.54 Å². The average Bonchev–Trinajstić information content (AvgIpc) is 2.57. The largest absolute Gasteiger partial charge is 0.315 e. The lowest BCUT2D eigenvalue weighted by molar-refractivity contribution is 0.158. The maximum Gasteiger partial charge on any atom is 0.0247 e. The number of nitrogens with one attached hydrogen (secondary N) is 1. The summed E-state index contributed by atoms with van der Waals surface area (Å²) in [6.45, 7) is 11.5. The van der Waals surface area contributed by atoms with Crippen molar-refractivity contribution in [1.29, 1.82) is 0 Å². The van der Waals surface area contributed by atoms with E-state index in [4.69, 9.17) is 0 Å². The summed E-state index contributed by atoms with van der Waals surface area (Å²) < 4.78 is 0. The van der Waals surface area contributed by atoms with E-state index in [1.54, 1.807) is 0 Å². The zero-order chi connectivity index (χ0) is 13.0. The minimum atomic E-state index is 0.659. The Kier molecular flexibility index (Phi) is 4.79. The normalized spacial score (nSPS) is 22.1. The highest BCUT2D eigenvalue weighted by Gasteiger charge is 2.23. The average molecular weight is 246 g/mol. The van der Waals surface area contributed by atoms with Gasteiger partial charge in [-0.2, -0.15) is 0 Å². The van der Waals surface area contributed by atoms with Gasteiger partial charge in [-0.3, -0.25) is 4.90 Å². The van der Waals surface area contributed by atoms with Gasteiger partial charge in [0, 0.05) is 25.7 Å². The first-order valence-corrected chi connectivity index (χ1v) is 7.17. The molecule has 0 amide bonds. The Morgan fingerprint density at radius 1 is 1.33 bits per heavy atom. The summed E-state index contributed by atoms with van der Waals surface area (Å²) in [6, 6.07) is 9.43. The van der Waals surface area contributed by atoms with Gasteiger partial charge in [-0.05, 0) is 36.9 Å². The quantitative estimate of drug-likeness (QED) is 0.882. The number of hydrogen-bond donors (Lipinski definition) is 1. The fourth-order valence-corrected chi connectivity index (χ4v) is 2.81. The molecule has 1 aromatic carbocycles. The van der Waals surface area contributed by atoms with Crippen molar-refractivity contribution in [2.75, 3.05) is 19.6 Å². The lowest BCUT2D eigenvalue weighted by Gasteiger charge is -2.33. The molecular weight excluding hydrogens is 220 g/mol. The molecule has 100 valence electrons. The Labute approximate surface area is 111 Å². The molecule has 0 radical (unpaired) electrons. The molecule has 2 nitrogen and oxygen atoms in total. The molecule has 0 bridgehead atoms. The Morgan fingerprint density at radius 3 is 2.83 bits per heavy atom. The molecule has 0 saturated carbocycles. The molecule has 1 aliphatic heterocycles. The second kappa shape index (κ2) is 6.35. The van der Waals surface area contributed by atoms with E-state index >= 15 is 0 Å². The Hall–Kier alpha value is -0.860. The van der Waals surface area contributed by atoms with E-state index in [2.05, 4.69) is 55.3 Å². The minimum Gasteiger partial charge on any atom is -0.315 e. The molecule has 1 aliphatic rings. The molecule has 1 aromatic rings. The van der Waals surface area contributed by atoms with Crippen LogP contribution in [-0.4, -0.2) is 30.6 Å². The first-order chi connectivity index (χ1) is 8.68. The summed E-state index contributed by atoms with van der Waals surface area (Å²) in [4.78, 5) is 2.66. The van der Waals surface area contributed by atoms with Crippen molar-refractivity contribution >= 4 is 0 Å². The van der Waals surface area contributed by atoms with E-state index in [1.807, 2.05) is 0 Å². The molecule has 18 heavy (non-hydrogen) atoms. The van der Waals surface area contributed by atoms with Crippen LogP contribution in [0, 0.1) is 12.8 Å². The highest BCUT2D eigenvalue weighted by atomic mass is 15.2. The number of benzene rings is 1. The second-order valence-corrected chi connectivity index (χ2v) is 5.77. The SMILES string of the molecule is Cc1ccccc1CN1CCCNCC1C(C)C. The number of rotatable bonds is 3. The minimum absolute atomic E-state index is 0.659. The van der Waals surface area contributed by atoms with Crippen molar-refractivity contribution in [1.82, 2.24) is 10.2 Å². The predicted molar refractivity (Wildman–Crippen MR) is 77.7 cm³/mol. The maximum atomic E-state index is 3.57. The van der Waals surface area contributed by atoms with Crippen LogP contribution in [0.4, 0.5) is 0 Å². The fourth-order valence-electron chi connectivity index (χ4n) is 2.81. The summed E-state index contributed by atoms with van der Waals surface area (Å²) in [5, 5.41) is 3.57. The van der Waals surface area contributed by atoms with E-state index in [0.717, 1.165) is 19.6 Å². The molecule has 0 spiro atoms. The van der Waals surface area contributed by atoms with Gasteiger partial charge in [0.05, 0.1) is 0 Å². The van der Waals surface area contributed by atoms with E-state index < -0.39 is 0 Å². The summed E-state index contributed by atoms with van der Waals surface area (Å²) in [5.41, 5.74) is 2.89. The first kappa shape index (κ1) is 13.6. The van der Waals surface area contributed by atoms with Crippen LogP contribution in [0.2, 0.25) is 0 Å². The van der Waals surface area contributed by atoms with Crippen LogP contribution in [0.15, 0.2) is 24.3 Å². The molecule has 1 N–H and O–H groups in total. The highest BCUT2D eigenvalue weighted by molar-refractivity contribution is 5.25. The van der Waals surface area contributed by atoms with E-state index in [9.17, 15) is 0 Å². The van der Waals surface area contributed by atoms with Gasteiger partial charge >= 0.3 is 0 Å². The third-order valence-electron chi connectivity index (χ3n) is 4.03. The Morgan fingerprint density at radius 2 is 2.11 bits per heavy atom. The summed E-state index contributed by atoms with van der Waals surface area (Å²) in [5.74, 6) is 0.708. The van der Waals surface area contributed by atoms with Crippen molar-refractivity contribution in [3.05, 3.63) is 35.4 Å². The van der Waals surface area contributed by atoms with Gasteiger partial charge in [-0.25, -0.2) is 0 Å². The lowest BCUT2D eigenvalue weighted by atomic mass is 10.0. The van der Waals surface area contributed by atoms with E-state index in [-0.39, 0.29) is 0 Å². The van der Waals surface area contributed by atoms with E-state index in [1.165, 1.54) is 24.1 Å². The van der Waals surface area contributed by atoms with Crippen LogP contribution >= 0.6 is 0 Å². The van der Waals surface area contributed by atoms with Crippen molar-refractivity contribution in [3.63, 3.8) is 0 Å². The van der Waals surface area contributed by atoms with E-state index in [0.29, 0.717) is 12.0 Å². The van der Waals surface area contributed by atoms with Crippen LogP contribution < -0.4 is 5.32 Å². The van der Waals surface area contributed by atoms with Gasteiger partial charge < -0.3 is 5.32 Å². The van der Waals surface area contributed by atoms with Crippen molar-refractivity contribution < 1.29 is 0 Å². The molecule has 1 fully saturated rings. The molecule has 2 heteroatoms. The monoisotopic (exact) mass is 246 g/mol. The number of hydrogen-bond acceptors (Lipinski definition) is 2. The standard InChI is InChI=1S/C16H26N2/c1-13(2)16-11-17-9-6-10-18(16)12-15-8-5-4-7-14(15)3/h4-5,7-8,13,16-17H,6,9-12H2,1-3H3. The molecule has 0 aliphatic carbocycles. The van der Waals surface area contributed by atoms with Gasteiger partial charge in [-0.15, -0.1) is 0 Å². The molecule has 1 heterocycles. The Balaban J connectivity index is 2.11. The topological polar surface area (TPSA) is 15.3 Å². The first-order valence-electron chi connectivity index (χ1n) is 7.17. The fraction of sp³-hybridized carbons (Fsp3) is 0.625. The van der Waals surface area contributed by atoms with Gasteiger partial charge in [0.1, 0.15) is 0 Å². The summed E-state index contributed by atoms with van der Waals surface area (Å²) in [7, 11) is 0. The number of aryl methyl sites for hydroxylation is 1. The van der Waals surface area contributed by atoms with Crippen LogP contribution in [0.1, 0.15) is 31.4 Å². The van der Waals surface area contributed by atoms with Crippen LogP contribution in [0.5, 0.6) is 0 Å². The zero-order valence-electron chi connectivity index (χ0n) is 11.9. The van der Waals surface area contributed by atoms with Gasteiger partial charge in [0.2, 0.25) is 0 Å². The maximum absolute atomic E-state index is 3.57. The second-order valence-electron chi connectivity index (χ2n) is 5.77. The van der Waals surface area contributed by atoms with Gasteiger partial charge in [-0.1, -0.05) is 38.1 Å². The molecular formula is C16H26N2. The van der Waals surface area contributed by atoms with Crippen molar-refractivity contribution in [3.8, 4) is 0 Å². The lowest BCUT2D eigenvalue weighted by Crippen LogP contribution is -2.42. The molecule has 1 saturated heterocycles.